The first-order valence-electron chi connectivity index (χ1n) is 6.59. The molecule has 1 aliphatic carbocycles. The summed E-state index contributed by atoms with van der Waals surface area (Å²) in [5.74, 6) is 0.420. The van der Waals surface area contributed by atoms with E-state index in [2.05, 4.69) is 31.8 Å². The fraction of sp³-hybridized carbons (Fsp3) is 0.667. The molecule has 1 N–H and O–H groups in total. The number of hydrogen-bond donors (Lipinski definition) is 1. The number of aliphatic hydroxyl groups is 1. The third-order valence-corrected chi connectivity index (χ3v) is 4.32. The lowest BCUT2D eigenvalue weighted by Crippen LogP contribution is -2.31. The van der Waals surface area contributed by atoms with Crippen molar-refractivity contribution in [2.75, 3.05) is 0 Å². The summed E-state index contributed by atoms with van der Waals surface area (Å²) in [4.78, 5) is 4.38. The summed E-state index contributed by atoms with van der Waals surface area (Å²) in [7, 11) is 0. The lowest BCUT2D eigenvalue weighted by Gasteiger charge is -2.31. The van der Waals surface area contributed by atoms with E-state index in [4.69, 9.17) is 0 Å². The van der Waals surface area contributed by atoms with Crippen LogP contribution in [0.5, 0.6) is 0 Å². The van der Waals surface area contributed by atoms with Crippen LogP contribution in [0.2, 0.25) is 0 Å². The topological polar surface area (TPSA) is 33.1 Å². The van der Waals surface area contributed by atoms with Crippen molar-refractivity contribution >= 4 is 0 Å². The van der Waals surface area contributed by atoms with E-state index in [0.29, 0.717) is 12.3 Å². The molecule has 0 bridgehead atoms. The predicted molar refractivity (Wildman–Crippen MR) is 69.8 cm³/mol. The number of hydrogen-bond acceptors (Lipinski definition) is 2. The molecule has 0 aromatic carbocycles. The molecule has 1 aliphatic rings. The molecule has 1 fully saturated rings. The van der Waals surface area contributed by atoms with Crippen LogP contribution in [0.3, 0.4) is 0 Å². The van der Waals surface area contributed by atoms with E-state index in [1.54, 1.807) is 0 Å². The zero-order valence-electron chi connectivity index (χ0n) is 11.1. The first kappa shape index (κ1) is 12.6. The standard InChI is InChI=1S/C15H23NO/c1-11-6-5-9-16-13(11)10-14(17)12-7-4-8-15(12,2)3/h5-6,9,12,14,17H,4,7-8,10H2,1-3H3. The minimum absolute atomic E-state index is 0.249. The summed E-state index contributed by atoms with van der Waals surface area (Å²) >= 11 is 0. The van der Waals surface area contributed by atoms with Crippen LogP contribution >= 0.6 is 0 Å². The Kier molecular flexibility index (Phi) is 3.53. The van der Waals surface area contributed by atoms with Crippen molar-refractivity contribution in [2.45, 2.75) is 52.6 Å². The number of rotatable bonds is 3. The van der Waals surface area contributed by atoms with Gasteiger partial charge >= 0.3 is 0 Å². The van der Waals surface area contributed by atoms with Crippen molar-refractivity contribution in [3.63, 3.8) is 0 Å². The van der Waals surface area contributed by atoms with E-state index in [-0.39, 0.29) is 11.5 Å². The van der Waals surface area contributed by atoms with Gasteiger partial charge < -0.3 is 5.11 Å². The summed E-state index contributed by atoms with van der Waals surface area (Å²) in [6.45, 7) is 6.62. The van der Waals surface area contributed by atoms with Crippen molar-refractivity contribution in [1.82, 2.24) is 4.98 Å². The quantitative estimate of drug-likeness (QED) is 0.870. The molecule has 1 aromatic heterocycles. The van der Waals surface area contributed by atoms with Gasteiger partial charge in [0.2, 0.25) is 0 Å². The molecule has 2 heteroatoms. The summed E-state index contributed by atoms with van der Waals surface area (Å²) in [6.07, 6.45) is 5.89. The molecule has 0 spiro atoms. The van der Waals surface area contributed by atoms with E-state index in [1.165, 1.54) is 18.4 Å². The maximum atomic E-state index is 10.4. The van der Waals surface area contributed by atoms with Gasteiger partial charge in [0.1, 0.15) is 0 Å². The Morgan fingerprint density at radius 2 is 2.29 bits per heavy atom. The highest BCUT2D eigenvalue weighted by Crippen LogP contribution is 2.44. The second-order valence-electron chi connectivity index (χ2n) is 6.03. The van der Waals surface area contributed by atoms with E-state index in [1.807, 2.05) is 12.3 Å². The van der Waals surface area contributed by atoms with Crippen LogP contribution in [0.25, 0.3) is 0 Å². The molecular weight excluding hydrogens is 210 g/mol. The summed E-state index contributed by atoms with van der Waals surface area (Å²) in [5, 5.41) is 10.4. The van der Waals surface area contributed by atoms with Gasteiger partial charge in [0.25, 0.3) is 0 Å². The number of pyridine rings is 1. The van der Waals surface area contributed by atoms with Crippen LogP contribution in [0, 0.1) is 18.3 Å². The second-order valence-corrected chi connectivity index (χ2v) is 6.03. The van der Waals surface area contributed by atoms with Gasteiger partial charge in [0.05, 0.1) is 6.10 Å². The summed E-state index contributed by atoms with van der Waals surface area (Å²) in [6, 6.07) is 4.01. The largest absolute Gasteiger partial charge is 0.392 e. The van der Waals surface area contributed by atoms with Gasteiger partial charge in [-0.3, -0.25) is 4.98 Å². The van der Waals surface area contributed by atoms with Crippen LogP contribution in [0.15, 0.2) is 18.3 Å². The van der Waals surface area contributed by atoms with Gasteiger partial charge in [-0.05, 0) is 42.7 Å². The molecule has 0 radical (unpaired) electrons. The highest BCUT2D eigenvalue weighted by Gasteiger charge is 2.38. The Hall–Kier alpha value is -0.890. The summed E-state index contributed by atoms with van der Waals surface area (Å²) in [5.41, 5.74) is 2.51. The molecule has 2 rings (SSSR count). The molecule has 1 aromatic rings. The molecule has 0 amide bonds. The zero-order chi connectivity index (χ0) is 12.5. The normalized spacial score (nSPS) is 24.8. The van der Waals surface area contributed by atoms with Crippen molar-refractivity contribution in [3.05, 3.63) is 29.6 Å². The number of aromatic nitrogens is 1. The maximum Gasteiger partial charge on any atom is 0.0628 e. The van der Waals surface area contributed by atoms with Crippen LogP contribution in [0.1, 0.15) is 44.4 Å². The fourth-order valence-electron chi connectivity index (χ4n) is 3.14. The van der Waals surface area contributed by atoms with Crippen LogP contribution in [-0.2, 0) is 6.42 Å². The Labute approximate surface area is 104 Å². The minimum atomic E-state index is -0.249. The van der Waals surface area contributed by atoms with Gasteiger partial charge in [0.15, 0.2) is 0 Å². The summed E-state index contributed by atoms with van der Waals surface area (Å²) < 4.78 is 0. The van der Waals surface area contributed by atoms with Crippen molar-refractivity contribution < 1.29 is 5.11 Å². The molecular formula is C15H23NO. The van der Waals surface area contributed by atoms with Crippen LogP contribution in [-0.4, -0.2) is 16.2 Å². The number of nitrogens with zero attached hydrogens (tertiary/aromatic N) is 1. The minimum Gasteiger partial charge on any atom is -0.392 e. The van der Waals surface area contributed by atoms with Gasteiger partial charge in [-0.25, -0.2) is 0 Å². The van der Waals surface area contributed by atoms with Crippen LogP contribution < -0.4 is 0 Å². The molecule has 0 saturated heterocycles. The lowest BCUT2D eigenvalue weighted by atomic mass is 9.77. The van der Waals surface area contributed by atoms with Crippen molar-refractivity contribution in [2.24, 2.45) is 11.3 Å². The fourth-order valence-corrected chi connectivity index (χ4v) is 3.14. The Morgan fingerprint density at radius 1 is 1.53 bits per heavy atom. The predicted octanol–water partition coefficient (Wildman–Crippen LogP) is 3.12. The first-order chi connectivity index (χ1) is 8.00. The molecule has 1 heterocycles. The van der Waals surface area contributed by atoms with E-state index in [0.717, 1.165) is 12.1 Å². The maximum absolute atomic E-state index is 10.4. The van der Waals surface area contributed by atoms with Gasteiger partial charge in [-0.1, -0.05) is 26.3 Å². The van der Waals surface area contributed by atoms with E-state index < -0.39 is 0 Å². The van der Waals surface area contributed by atoms with Gasteiger partial charge in [-0.2, -0.15) is 0 Å². The van der Waals surface area contributed by atoms with Gasteiger partial charge in [-0.15, -0.1) is 0 Å². The van der Waals surface area contributed by atoms with E-state index in [9.17, 15) is 5.11 Å². The SMILES string of the molecule is Cc1cccnc1CC(O)C1CCCC1(C)C. The third-order valence-electron chi connectivity index (χ3n) is 4.32. The highest BCUT2D eigenvalue weighted by molar-refractivity contribution is 5.18. The van der Waals surface area contributed by atoms with Crippen LogP contribution in [0.4, 0.5) is 0 Å². The molecule has 2 unspecified atom stereocenters. The Bertz CT molecular complexity index is 386. The molecule has 0 aliphatic heterocycles. The Balaban J connectivity index is 2.07. The van der Waals surface area contributed by atoms with E-state index >= 15 is 0 Å². The average Bonchev–Trinajstić information content (AvgIpc) is 2.61. The number of aliphatic hydroxyl groups excluding tert-OH is 1. The Morgan fingerprint density at radius 3 is 2.88 bits per heavy atom. The first-order valence-corrected chi connectivity index (χ1v) is 6.59. The monoisotopic (exact) mass is 233 g/mol. The average molecular weight is 233 g/mol. The molecule has 17 heavy (non-hydrogen) atoms. The van der Waals surface area contributed by atoms with Crippen molar-refractivity contribution in [3.8, 4) is 0 Å². The number of aryl methyl sites for hydroxylation is 1. The van der Waals surface area contributed by atoms with Crippen molar-refractivity contribution in [1.29, 1.82) is 0 Å². The third kappa shape index (κ3) is 2.68. The molecule has 2 nitrogen and oxygen atoms in total. The smallest absolute Gasteiger partial charge is 0.0628 e. The second kappa shape index (κ2) is 4.77. The lowest BCUT2D eigenvalue weighted by molar-refractivity contribution is 0.0535. The van der Waals surface area contributed by atoms with Gasteiger partial charge in [0, 0.05) is 18.3 Å². The zero-order valence-corrected chi connectivity index (χ0v) is 11.1. The highest BCUT2D eigenvalue weighted by atomic mass is 16.3. The molecule has 1 saturated carbocycles. The molecule has 2 atom stereocenters. The molecule has 94 valence electrons.